The van der Waals surface area contributed by atoms with Gasteiger partial charge in [-0.2, -0.15) is 0 Å². The number of benzene rings is 1. The molecular weight excluding hydrogens is 252 g/mol. The second-order valence-electron chi connectivity index (χ2n) is 5.71. The van der Waals surface area contributed by atoms with E-state index in [0.717, 1.165) is 31.2 Å². The lowest BCUT2D eigenvalue weighted by Crippen LogP contribution is -2.49. The number of rotatable bonds is 4. The Kier molecular flexibility index (Phi) is 4.43. The Hall–Kier alpha value is -1.26. The fraction of sp³-hybridized carbons (Fsp3) is 0.625. The Balaban J connectivity index is 1.65. The van der Waals surface area contributed by atoms with E-state index in [1.165, 1.54) is 19.3 Å². The number of morpholine rings is 1. The smallest absolute Gasteiger partial charge is 0.120 e. The van der Waals surface area contributed by atoms with E-state index >= 15 is 0 Å². The van der Waals surface area contributed by atoms with E-state index in [1.807, 2.05) is 12.1 Å². The van der Waals surface area contributed by atoms with Crippen LogP contribution in [0.15, 0.2) is 24.3 Å². The van der Waals surface area contributed by atoms with Gasteiger partial charge in [-0.1, -0.05) is 12.5 Å². The highest BCUT2D eigenvalue weighted by Gasteiger charge is 2.34. The maximum Gasteiger partial charge on any atom is 0.120 e. The summed E-state index contributed by atoms with van der Waals surface area (Å²) >= 11 is 0. The second kappa shape index (κ2) is 6.46. The molecule has 1 heterocycles. The van der Waals surface area contributed by atoms with Gasteiger partial charge in [0.25, 0.3) is 0 Å². The van der Waals surface area contributed by atoms with E-state index in [4.69, 9.17) is 9.47 Å². The molecule has 20 heavy (non-hydrogen) atoms. The second-order valence-corrected chi connectivity index (χ2v) is 5.71. The zero-order valence-corrected chi connectivity index (χ0v) is 12.1. The van der Waals surface area contributed by atoms with E-state index in [0.29, 0.717) is 18.0 Å². The number of hydrogen-bond donors (Lipinski definition) is 2. The Morgan fingerprint density at radius 2 is 2.30 bits per heavy atom. The number of methoxy groups -OCH3 is 1. The van der Waals surface area contributed by atoms with Crippen molar-refractivity contribution >= 4 is 5.69 Å². The van der Waals surface area contributed by atoms with E-state index < -0.39 is 0 Å². The Bertz CT molecular complexity index is 432. The van der Waals surface area contributed by atoms with Crippen LogP contribution in [0.1, 0.15) is 19.3 Å². The van der Waals surface area contributed by atoms with Crippen molar-refractivity contribution in [1.82, 2.24) is 5.32 Å². The van der Waals surface area contributed by atoms with Crippen molar-refractivity contribution in [2.75, 3.05) is 32.2 Å². The first kappa shape index (κ1) is 13.7. The molecule has 3 unspecified atom stereocenters. The van der Waals surface area contributed by atoms with Crippen LogP contribution in [0.25, 0.3) is 0 Å². The van der Waals surface area contributed by atoms with Gasteiger partial charge in [0.15, 0.2) is 0 Å². The molecule has 0 bridgehead atoms. The monoisotopic (exact) mass is 276 g/mol. The van der Waals surface area contributed by atoms with Gasteiger partial charge in [0, 0.05) is 30.4 Å². The van der Waals surface area contributed by atoms with Crippen molar-refractivity contribution in [2.45, 2.75) is 31.3 Å². The summed E-state index contributed by atoms with van der Waals surface area (Å²) < 4.78 is 10.9. The molecule has 1 saturated heterocycles. The standard InChI is InChI=1S/C16H24N2O2/c1-19-13-5-2-4-12(10-13)18-15-7-3-6-14(15)16-11-20-9-8-17-16/h2,4-5,10,14-18H,3,6-9,11H2,1H3. The summed E-state index contributed by atoms with van der Waals surface area (Å²) in [6.07, 6.45) is 3.81. The third kappa shape index (κ3) is 3.07. The van der Waals surface area contributed by atoms with Crippen molar-refractivity contribution in [3.8, 4) is 5.75 Å². The minimum atomic E-state index is 0.495. The summed E-state index contributed by atoms with van der Waals surface area (Å²) in [6, 6.07) is 9.22. The van der Waals surface area contributed by atoms with Crippen LogP contribution in [0.2, 0.25) is 0 Å². The normalized spacial score (nSPS) is 30.1. The lowest BCUT2D eigenvalue weighted by molar-refractivity contribution is 0.0559. The van der Waals surface area contributed by atoms with Crippen molar-refractivity contribution in [2.24, 2.45) is 5.92 Å². The summed E-state index contributed by atoms with van der Waals surface area (Å²) in [7, 11) is 1.71. The number of anilines is 1. The third-order valence-corrected chi connectivity index (χ3v) is 4.46. The molecule has 1 aliphatic heterocycles. The Morgan fingerprint density at radius 3 is 3.10 bits per heavy atom. The molecule has 4 nitrogen and oxygen atoms in total. The minimum absolute atomic E-state index is 0.495. The van der Waals surface area contributed by atoms with Gasteiger partial charge in [-0.25, -0.2) is 0 Å². The van der Waals surface area contributed by atoms with Crippen LogP contribution in [0.3, 0.4) is 0 Å². The molecule has 3 rings (SSSR count). The first-order valence-electron chi connectivity index (χ1n) is 7.58. The molecule has 2 fully saturated rings. The van der Waals surface area contributed by atoms with Gasteiger partial charge in [-0.05, 0) is 30.9 Å². The average molecular weight is 276 g/mol. The molecule has 4 heteroatoms. The van der Waals surface area contributed by atoms with Crippen LogP contribution in [-0.2, 0) is 4.74 Å². The summed E-state index contributed by atoms with van der Waals surface area (Å²) in [5.41, 5.74) is 1.15. The van der Waals surface area contributed by atoms with Crippen molar-refractivity contribution in [3.05, 3.63) is 24.3 Å². The van der Waals surface area contributed by atoms with Crippen LogP contribution in [0, 0.1) is 5.92 Å². The minimum Gasteiger partial charge on any atom is -0.497 e. The molecule has 0 radical (unpaired) electrons. The first-order valence-corrected chi connectivity index (χ1v) is 7.58. The van der Waals surface area contributed by atoms with Crippen LogP contribution >= 0.6 is 0 Å². The summed E-state index contributed by atoms with van der Waals surface area (Å²) in [6.45, 7) is 2.67. The summed E-state index contributed by atoms with van der Waals surface area (Å²) in [5.74, 6) is 1.56. The average Bonchev–Trinajstić information content (AvgIpc) is 2.96. The Labute approximate surface area is 120 Å². The first-order chi connectivity index (χ1) is 9.86. The fourth-order valence-corrected chi connectivity index (χ4v) is 3.44. The highest BCUT2D eigenvalue weighted by atomic mass is 16.5. The highest BCUT2D eigenvalue weighted by molar-refractivity contribution is 5.49. The lowest BCUT2D eigenvalue weighted by Gasteiger charge is -2.33. The molecule has 0 aromatic heterocycles. The molecule has 1 aromatic carbocycles. The van der Waals surface area contributed by atoms with E-state index in [2.05, 4.69) is 22.8 Å². The predicted molar refractivity (Wildman–Crippen MR) is 80.4 cm³/mol. The van der Waals surface area contributed by atoms with Crippen LogP contribution in [-0.4, -0.2) is 39.0 Å². The maximum absolute atomic E-state index is 5.62. The van der Waals surface area contributed by atoms with Crippen molar-refractivity contribution in [3.63, 3.8) is 0 Å². The maximum atomic E-state index is 5.62. The van der Waals surface area contributed by atoms with Gasteiger partial charge >= 0.3 is 0 Å². The highest BCUT2D eigenvalue weighted by Crippen LogP contribution is 2.32. The molecule has 3 atom stereocenters. The fourth-order valence-electron chi connectivity index (χ4n) is 3.44. The van der Waals surface area contributed by atoms with Gasteiger partial charge in [0.05, 0.1) is 20.3 Å². The van der Waals surface area contributed by atoms with E-state index in [-0.39, 0.29) is 0 Å². The number of hydrogen-bond acceptors (Lipinski definition) is 4. The van der Waals surface area contributed by atoms with Crippen LogP contribution < -0.4 is 15.4 Å². The van der Waals surface area contributed by atoms with Gasteiger partial charge in [0.2, 0.25) is 0 Å². The molecule has 1 aromatic rings. The zero-order chi connectivity index (χ0) is 13.8. The lowest BCUT2D eigenvalue weighted by atomic mass is 9.94. The number of ether oxygens (including phenoxy) is 2. The van der Waals surface area contributed by atoms with Crippen LogP contribution in [0.4, 0.5) is 5.69 Å². The molecule has 0 spiro atoms. The van der Waals surface area contributed by atoms with E-state index in [1.54, 1.807) is 7.11 Å². The molecule has 2 N–H and O–H groups in total. The van der Waals surface area contributed by atoms with Crippen LogP contribution in [0.5, 0.6) is 5.75 Å². The van der Waals surface area contributed by atoms with E-state index in [9.17, 15) is 0 Å². The quantitative estimate of drug-likeness (QED) is 0.885. The topological polar surface area (TPSA) is 42.5 Å². The van der Waals surface area contributed by atoms with Crippen molar-refractivity contribution in [1.29, 1.82) is 0 Å². The SMILES string of the molecule is COc1cccc(NC2CCCC2C2COCCN2)c1. The molecular formula is C16H24N2O2. The van der Waals surface area contributed by atoms with Gasteiger partial charge in [0.1, 0.15) is 5.75 Å². The molecule has 1 saturated carbocycles. The molecule has 1 aliphatic carbocycles. The van der Waals surface area contributed by atoms with Crippen molar-refractivity contribution < 1.29 is 9.47 Å². The van der Waals surface area contributed by atoms with Gasteiger partial charge < -0.3 is 20.1 Å². The molecule has 110 valence electrons. The molecule has 0 amide bonds. The molecule has 2 aliphatic rings. The summed E-state index contributed by atoms with van der Waals surface area (Å²) in [5, 5.41) is 7.30. The zero-order valence-electron chi connectivity index (χ0n) is 12.1. The van der Waals surface area contributed by atoms with Gasteiger partial charge in [-0.3, -0.25) is 0 Å². The summed E-state index contributed by atoms with van der Waals surface area (Å²) in [4.78, 5) is 0. The van der Waals surface area contributed by atoms with Gasteiger partial charge in [-0.15, -0.1) is 0 Å². The Morgan fingerprint density at radius 1 is 1.35 bits per heavy atom. The largest absolute Gasteiger partial charge is 0.497 e. The predicted octanol–water partition coefficient (Wildman–Crippen LogP) is 2.26. The number of nitrogens with one attached hydrogen (secondary N) is 2. The third-order valence-electron chi connectivity index (χ3n) is 4.46.